The Morgan fingerprint density at radius 3 is 0.962 bits per heavy atom. The molecular formula is C35H77O14Si3. The molecule has 0 aliphatic rings. The molecule has 0 fully saturated rings. The Labute approximate surface area is 320 Å². The van der Waals surface area contributed by atoms with E-state index in [1.54, 1.807) is 0 Å². The van der Waals surface area contributed by atoms with Crippen LogP contribution in [-0.2, 0) is 60.3 Å². The van der Waals surface area contributed by atoms with Crippen LogP contribution in [0.2, 0.25) is 43.3 Å². The highest BCUT2D eigenvalue weighted by Crippen LogP contribution is 2.30. The molecule has 0 heterocycles. The molecule has 0 aliphatic carbocycles. The van der Waals surface area contributed by atoms with Gasteiger partial charge >= 0.3 is 8.56 Å². The fourth-order valence-electron chi connectivity index (χ4n) is 4.12. The second-order valence-corrected chi connectivity index (χ2v) is 24.6. The maximum absolute atomic E-state index is 8.60. The average molecular weight is 806 g/mol. The normalized spacial score (nSPS) is 13.6. The van der Waals surface area contributed by atoms with Crippen LogP contribution in [0.3, 0.4) is 0 Å². The molecule has 0 saturated carbocycles. The fraction of sp³-hybridized carbons (Fsp3) is 1.00. The highest BCUT2D eigenvalue weighted by molar-refractivity contribution is 6.85. The third kappa shape index (κ3) is 34.6. The van der Waals surface area contributed by atoms with E-state index in [0.717, 1.165) is 12.5 Å². The van der Waals surface area contributed by atoms with E-state index >= 15 is 0 Å². The lowest BCUT2D eigenvalue weighted by atomic mass is 10.5. The average Bonchev–Trinajstić information content (AvgIpc) is 3.09. The van der Waals surface area contributed by atoms with Crippen molar-refractivity contribution in [1.82, 2.24) is 0 Å². The first-order valence-electron chi connectivity index (χ1n) is 19.2. The van der Waals surface area contributed by atoms with Crippen molar-refractivity contribution >= 4 is 25.9 Å². The van der Waals surface area contributed by atoms with Crippen molar-refractivity contribution in [2.45, 2.75) is 77.4 Å². The summed E-state index contributed by atoms with van der Waals surface area (Å²) in [6, 6.07) is 0.957. The Hall–Kier alpha value is 0.0906. The van der Waals surface area contributed by atoms with Crippen molar-refractivity contribution in [2.75, 3.05) is 152 Å². The van der Waals surface area contributed by atoms with E-state index in [1.807, 2.05) is 0 Å². The zero-order valence-corrected chi connectivity index (χ0v) is 37.1. The van der Waals surface area contributed by atoms with Gasteiger partial charge in [0.25, 0.3) is 0 Å². The minimum Gasteiger partial charge on any atom is -0.436 e. The van der Waals surface area contributed by atoms with Gasteiger partial charge in [0.05, 0.1) is 145 Å². The van der Waals surface area contributed by atoms with Crippen LogP contribution in [0, 0.1) is 0 Å². The molecule has 52 heavy (non-hydrogen) atoms. The quantitative estimate of drug-likeness (QED) is 0.0693. The van der Waals surface area contributed by atoms with Gasteiger partial charge in [-0.05, 0) is 49.7 Å². The third-order valence-electron chi connectivity index (χ3n) is 7.93. The summed E-state index contributed by atoms with van der Waals surface area (Å²) in [5.74, 6) is 0. The molecule has 1 unspecified atom stereocenters. The van der Waals surface area contributed by atoms with Crippen LogP contribution >= 0.6 is 0 Å². The van der Waals surface area contributed by atoms with Crippen molar-refractivity contribution in [2.24, 2.45) is 0 Å². The van der Waals surface area contributed by atoms with Crippen LogP contribution in [0.15, 0.2) is 0 Å². The van der Waals surface area contributed by atoms with E-state index in [-0.39, 0.29) is 6.61 Å². The van der Waals surface area contributed by atoms with Gasteiger partial charge in [-0.15, -0.1) is 0 Å². The summed E-state index contributed by atoms with van der Waals surface area (Å²) in [4.78, 5) is 0. The van der Waals surface area contributed by atoms with Crippen molar-refractivity contribution < 1.29 is 65.4 Å². The lowest BCUT2D eigenvalue weighted by molar-refractivity contribution is -0.0278. The number of ether oxygens (including phenoxy) is 11. The molecule has 1 N–H and O–H groups in total. The zero-order chi connectivity index (χ0) is 38.6. The van der Waals surface area contributed by atoms with Gasteiger partial charge in [0, 0.05) is 6.61 Å². The van der Waals surface area contributed by atoms with Gasteiger partial charge < -0.3 is 65.4 Å². The first kappa shape index (κ1) is 52.1. The Morgan fingerprint density at radius 1 is 0.442 bits per heavy atom. The largest absolute Gasteiger partial charge is 0.436 e. The molecule has 0 saturated heterocycles. The third-order valence-corrected chi connectivity index (χ3v) is 20.4. The number of aliphatic hydroxyl groups excluding tert-OH is 1. The lowest BCUT2D eigenvalue weighted by Gasteiger charge is -2.40. The highest BCUT2D eigenvalue weighted by atomic mass is 28.5. The summed E-state index contributed by atoms with van der Waals surface area (Å²) < 4.78 is 73.9. The van der Waals surface area contributed by atoms with Crippen molar-refractivity contribution in [3.8, 4) is 0 Å². The van der Waals surface area contributed by atoms with E-state index in [1.165, 1.54) is 0 Å². The molecule has 0 amide bonds. The number of aliphatic hydroxyl groups is 1. The molecule has 0 aromatic carbocycles. The van der Waals surface area contributed by atoms with Gasteiger partial charge in [0.1, 0.15) is 0 Å². The number of hydrogen-bond acceptors (Lipinski definition) is 14. The molecule has 0 aromatic rings. The SMILES string of the molecule is CC(C)[Si](C)O[Si](C)(CCCOCCOCCOCCOCCOCCOCCOCCOCCOCCOCCOCCO)O[Si](C)(C)C(C)C. The van der Waals surface area contributed by atoms with Crippen LogP contribution < -0.4 is 0 Å². The molecule has 14 nitrogen and oxygen atoms in total. The monoisotopic (exact) mass is 805 g/mol. The first-order chi connectivity index (χ1) is 25.0. The van der Waals surface area contributed by atoms with Crippen LogP contribution in [0.5, 0.6) is 0 Å². The highest BCUT2D eigenvalue weighted by Gasteiger charge is 2.41. The van der Waals surface area contributed by atoms with Gasteiger partial charge in [-0.25, -0.2) is 0 Å². The Morgan fingerprint density at radius 2 is 0.712 bits per heavy atom. The second-order valence-electron chi connectivity index (χ2n) is 13.4. The topological polar surface area (TPSA) is 140 Å². The fourth-order valence-corrected chi connectivity index (χ4v) is 15.3. The summed E-state index contributed by atoms with van der Waals surface area (Å²) in [7, 11) is -4.94. The zero-order valence-electron chi connectivity index (χ0n) is 34.1. The van der Waals surface area contributed by atoms with E-state index in [4.69, 9.17) is 65.4 Å². The first-order valence-corrected chi connectivity index (χ1v) is 26.7. The van der Waals surface area contributed by atoms with Crippen LogP contribution in [0.1, 0.15) is 34.1 Å². The summed E-state index contributed by atoms with van der Waals surface area (Å²) in [5.41, 5.74) is 1.12. The van der Waals surface area contributed by atoms with Gasteiger partial charge in [0.15, 0.2) is 17.4 Å². The van der Waals surface area contributed by atoms with E-state index in [0.29, 0.717) is 156 Å². The smallest absolute Gasteiger partial charge is 0.314 e. The Balaban J connectivity index is 3.42. The lowest BCUT2D eigenvalue weighted by Crippen LogP contribution is -2.52. The van der Waals surface area contributed by atoms with Gasteiger partial charge in [-0.3, -0.25) is 0 Å². The standard InChI is InChI=1S/C35H77O14Si3/c1-34(2)50(5)48-52(8,49-51(6,7)35(3)4)33-9-11-37-13-15-39-17-19-41-21-23-43-25-27-45-29-31-47-32-30-46-28-26-44-24-22-42-20-18-40-16-14-38-12-10-36/h34-36H,9-33H2,1-8H3. The minimum absolute atomic E-state index is 0.0252. The van der Waals surface area contributed by atoms with E-state index in [2.05, 4.69) is 53.9 Å². The molecule has 313 valence electrons. The molecule has 0 spiro atoms. The molecule has 0 aliphatic heterocycles. The molecule has 17 heteroatoms. The predicted octanol–water partition coefficient (Wildman–Crippen LogP) is 4.30. The second kappa shape index (κ2) is 36.7. The van der Waals surface area contributed by atoms with Crippen LogP contribution in [0.4, 0.5) is 0 Å². The maximum atomic E-state index is 8.60. The molecular weight excluding hydrogens is 729 g/mol. The minimum atomic E-state index is -2.26. The molecule has 1 atom stereocenters. The van der Waals surface area contributed by atoms with Gasteiger partial charge in [-0.2, -0.15) is 0 Å². The van der Waals surface area contributed by atoms with Gasteiger partial charge in [0.2, 0.25) is 0 Å². The number of hydrogen-bond donors (Lipinski definition) is 1. The molecule has 0 bridgehead atoms. The van der Waals surface area contributed by atoms with E-state index in [9.17, 15) is 0 Å². The Kier molecular flexibility index (Phi) is 36.8. The molecule has 0 aromatic heterocycles. The summed E-state index contributed by atoms with van der Waals surface area (Å²) in [6.45, 7) is 29.4. The summed E-state index contributed by atoms with van der Waals surface area (Å²) in [6.07, 6.45) is 0.941. The van der Waals surface area contributed by atoms with Crippen molar-refractivity contribution in [3.05, 3.63) is 0 Å². The van der Waals surface area contributed by atoms with Crippen molar-refractivity contribution in [1.29, 1.82) is 0 Å². The molecule has 1 radical (unpaired) electrons. The van der Waals surface area contributed by atoms with E-state index < -0.39 is 25.9 Å². The maximum Gasteiger partial charge on any atom is 0.314 e. The summed E-state index contributed by atoms with van der Waals surface area (Å²) >= 11 is 0. The van der Waals surface area contributed by atoms with Crippen LogP contribution in [-0.4, -0.2) is 183 Å². The number of rotatable bonds is 42. The predicted molar refractivity (Wildman–Crippen MR) is 209 cm³/mol. The Bertz CT molecular complexity index is 745. The molecule has 0 rings (SSSR count). The summed E-state index contributed by atoms with van der Waals surface area (Å²) in [5, 5.41) is 8.60. The van der Waals surface area contributed by atoms with Crippen LogP contribution in [0.25, 0.3) is 0 Å². The van der Waals surface area contributed by atoms with Gasteiger partial charge in [-0.1, -0.05) is 27.7 Å². The van der Waals surface area contributed by atoms with Crippen molar-refractivity contribution in [3.63, 3.8) is 0 Å².